The van der Waals surface area contributed by atoms with Gasteiger partial charge in [0.05, 0.1) is 17.0 Å². The molecule has 0 saturated heterocycles. The summed E-state index contributed by atoms with van der Waals surface area (Å²) < 4.78 is 32.8. The summed E-state index contributed by atoms with van der Waals surface area (Å²) in [7, 11) is -3.54. The molecular formula is C24H27N3O4S. The summed E-state index contributed by atoms with van der Waals surface area (Å²) in [5.41, 5.74) is 3.08. The third-order valence-electron chi connectivity index (χ3n) is 5.72. The number of hydrogen-bond donors (Lipinski definition) is 0. The van der Waals surface area contributed by atoms with Gasteiger partial charge in [-0.1, -0.05) is 32.0 Å². The maximum Gasteiger partial charge on any atom is 0.243 e. The molecular weight excluding hydrogens is 426 g/mol. The fourth-order valence-electron chi connectivity index (χ4n) is 4.06. The highest BCUT2D eigenvalue weighted by atomic mass is 32.2. The largest absolute Gasteiger partial charge is 0.444 e. The average Bonchev–Trinajstić information content (AvgIpc) is 3.28. The summed E-state index contributed by atoms with van der Waals surface area (Å²) in [4.78, 5) is 19.5. The molecule has 0 atom stereocenters. The van der Waals surface area contributed by atoms with Gasteiger partial charge in [0.2, 0.25) is 21.8 Å². The molecule has 8 heteroatoms. The summed E-state index contributed by atoms with van der Waals surface area (Å²) in [5, 5.41) is 0. The van der Waals surface area contributed by atoms with E-state index in [1.54, 1.807) is 23.1 Å². The second kappa shape index (κ2) is 9.26. The van der Waals surface area contributed by atoms with Crippen LogP contribution in [0, 0.1) is 0 Å². The van der Waals surface area contributed by atoms with E-state index in [1.165, 1.54) is 10.6 Å². The number of anilines is 1. The number of aryl methyl sites for hydroxylation is 1. The molecule has 7 nitrogen and oxygen atoms in total. The van der Waals surface area contributed by atoms with Crippen molar-refractivity contribution in [3.05, 3.63) is 66.1 Å². The summed E-state index contributed by atoms with van der Waals surface area (Å²) in [6.45, 7) is 5.09. The highest BCUT2D eigenvalue weighted by Crippen LogP contribution is 2.31. The second-order valence-electron chi connectivity index (χ2n) is 7.72. The molecule has 0 N–H and O–H groups in total. The lowest BCUT2D eigenvalue weighted by Gasteiger charge is -2.30. The first-order chi connectivity index (χ1) is 15.4. The van der Waals surface area contributed by atoms with Crippen LogP contribution < -0.4 is 4.90 Å². The number of fused-ring (bicyclic) bond motifs is 1. The van der Waals surface area contributed by atoms with E-state index in [9.17, 15) is 13.2 Å². The third-order valence-corrected chi connectivity index (χ3v) is 7.76. The quantitative estimate of drug-likeness (QED) is 0.542. The van der Waals surface area contributed by atoms with E-state index in [4.69, 9.17) is 4.42 Å². The number of hydrogen-bond acceptors (Lipinski definition) is 5. The zero-order chi connectivity index (χ0) is 22.7. The minimum atomic E-state index is -3.54. The Morgan fingerprint density at radius 3 is 2.59 bits per heavy atom. The van der Waals surface area contributed by atoms with E-state index in [0.29, 0.717) is 31.2 Å². The molecule has 0 radical (unpaired) electrons. The zero-order valence-corrected chi connectivity index (χ0v) is 19.1. The summed E-state index contributed by atoms with van der Waals surface area (Å²) in [6.07, 6.45) is 3.16. The molecule has 1 amide bonds. The van der Waals surface area contributed by atoms with Crippen molar-refractivity contribution in [3.8, 4) is 11.5 Å². The molecule has 2 heterocycles. The molecule has 2 aromatic carbocycles. The van der Waals surface area contributed by atoms with E-state index < -0.39 is 10.0 Å². The number of carbonyl (C=O) groups excluding carboxylic acids is 1. The van der Waals surface area contributed by atoms with Crippen LogP contribution in [0.3, 0.4) is 0 Å². The molecule has 1 aromatic heterocycles. The van der Waals surface area contributed by atoms with Crippen molar-refractivity contribution in [3.63, 3.8) is 0 Å². The second-order valence-corrected chi connectivity index (χ2v) is 9.65. The number of oxazole rings is 1. The number of benzene rings is 2. The molecule has 0 unspecified atom stereocenters. The predicted octanol–water partition coefficient (Wildman–Crippen LogP) is 3.89. The molecule has 4 rings (SSSR count). The van der Waals surface area contributed by atoms with E-state index in [0.717, 1.165) is 29.7 Å². The van der Waals surface area contributed by atoms with Crippen LogP contribution in [0.5, 0.6) is 0 Å². The van der Waals surface area contributed by atoms with E-state index in [-0.39, 0.29) is 17.2 Å². The molecule has 32 heavy (non-hydrogen) atoms. The fourth-order valence-corrected chi connectivity index (χ4v) is 5.57. The highest BCUT2D eigenvalue weighted by Gasteiger charge is 2.27. The SMILES string of the molecule is CCN(CC)S(=O)(=O)c1ccc2c(c1)CCCN2C(=O)Cc1coc(-c2ccccc2)n1. The Morgan fingerprint density at radius 1 is 1.12 bits per heavy atom. The monoisotopic (exact) mass is 453 g/mol. The van der Waals surface area contributed by atoms with Gasteiger partial charge in [-0.2, -0.15) is 4.31 Å². The van der Waals surface area contributed by atoms with Crippen LogP contribution in [0.2, 0.25) is 0 Å². The van der Waals surface area contributed by atoms with Gasteiger partial charge in [0.1, 0.15) is 6.26 Å². The Labute approximate surface area is 188 Å². The number of sulfonamides is 1. The molecule has 0 fully saturated rings. The standard InChI is InChI=1S/C24H27N3O4S/c1-3-26(4-2)32(29,30)21-12-13-22-19(15-21)11-8-14-27(22)23(28)16-20-17-31-24(25-20)18-9-6-5-7-10-18/h5-7,9-10,12-13,15,17H,3-4,8,11,14,16H2,1-2H3. The highest BCUT2D eigenvalue weighted by molar-refractivity contribution is 7.89. The van der Waals surface area contributed by atoms with E-state index in [2.05, 4.69) is 4.98 Å². The Kier molecular flexibility index (Phi) is 6.43. The summed E-state index contributed by atoms with van der Waals surface area (Å²) in [5.74, 6) is 0.400. The van der Waals surface area contributed by atoms with Crippen LogP contribution in [0.1, 0.15) is 31.5 Å². The molecule has 168 valence electrons. The molecule has 0 bridgehead atoms. The number of rotatable bonds is 7. The molecule has 0 saturated carbocycles. The van der Waals surface area contributed by atoms with Crippen molar-refractivity contribution in [2.45, 2.75) is 38.0 Å². The first-order valence-corrected chi connectivity index (χ1v) is 12.3. The van der Waals surface area contributed by atoms with Crippen molar-refractivity contribution in [2.75, 3.05) is 24.5 Å². The number of aromatic nitrogens is 1. The molecule has 3 aromatic rings. The van der Waals surface area contributed by atoms with Crippen molar-refractivity contribution in [2.24, 2.45) is 0 Å². The molecule has 0 aliphatic carbocycles. The molecule has 1 aliphatic rings. The Hall–Kier alpha value is -2.97. The zero-order valence-electron chi connectivity index (χ0n) is 18.3. The van der Waals surface area contributed by atoms with Gasteiger partial charge in [0.25, 0.3) is 0 Å². The Bertz CT molecular complexity index is 1200. The number of nitrogens with zero attached hydrogens (tertiary/aromatic N) is 3. The van der Waals surface area contributed by atoms with E-state index >= 15 is 0 Å². The maximum atomic E-state index is 13.1. The van der Waals surface area contributed by atoms with E-state index in [1.807, 2.05) is 44.2 Å². The van der Waals surface area contributed by atoms with Crippen LogP contribution in [-0.2, 0) is 27.7 Å². The molecule has 0 spiro atoms. The number of amides is 1. The normalized spacial score (nSPS) is 13.9. The van der Waals surface area contributed by atoms with Gasteiger partial charge in [-0.25, -0.2) is 13.4 Å². The van der Waals surface area contributed by atoms with Crippen molar-refractivity contribution in [1.82, 2.24) is 9.29 Å². The Morgan fingerprint density at radius 2 is 1.88 bits per heavy atom. The van der Waals surface area contributed by atoms with Crippen molar-refractivity contribution < 1.29 is 17.6 Å². The van der Waals surface area contributed by atoms with Gasteiger partial charge in [0, 0.05) is 30.9 Å². The topological polar surface area (TPSA) is 83.7 Å². The van der Waals surface area contributed by atoms with Gasteiger partial charge in [-0.15, -0.1) is 0 Å². The number of carbonyl (C=O) groups is 1. The lowest BCUT2D eigenvalue weighted by Crippen LogP contribution is -2.37. The first-order valence-electron chi connectivity index (χ1n) is 10.9. The average molecular weight is 454 g/mol. The first kappa shape index (κ1) is 22.2. The lowest BCUT2D eigenvalue weighted by molar-refractivity contribution is -0.118. The van der Waals surface area contributed by atoms with Crippen LogP contribution in [-0.4, -0.2) is 43.2 Å². The van der Waals surface area contributed by atoms with Gasteiger partial charge in [-0.05, 0) is 48.7 Å². The predicted molar refractivity (Wildman–Crippen MR) is 123 cm³/mol. The van der Waals surface area contributed by atoms with Gasteiger partial charge in [-0.3, -0.25) is 4.79 Å². The van der Waals surface area contributed by atoms with Gasteiger partial charge in [0.15, 0.2) is 0 Å². The van der Waals surface area contributed by atoms with Crippen LogP contribution >= 0.6 is 0 Å². The minimum Gasteiger partial charge on any atom is -0.444 e. The fraction of sp³-hybridized carbons (Fsp3) is 0.333. The summed E-state index contributed by atoms with van der Waals surface area (Å²) >= 11 is 0. The van der Waals surface area contributed by atoms with Gasteiger partial charge < -0.3 is 9.32 Å². The van der Waals surface area contributed by atoms with Crippen LogP contribution in [0.25, 0.3) is 11.5 Å². The third kappa shape index (κ3) is 4.33. The minimum absolute atomic E-state index is 0.0850. The van der Waals surface area contributed by atoms with Crippen LogP contribution in [0.15, 0.2) is 64.1 Å². The van der Waals surface area contributed by atoms with Crippen molar-refractivity contribution in [1.29, 1.82) is 0 Å². The maximum absolute atomic E-state index is 13.1. The summed E-state index contributed by atoms with van der Waals surface area (Å²) in [6, 6.07) is 14.6. The smallest absolute Gasteiger partial charge is 0.243 e. The molecule has 1 aliphatic heterocycles. The van der Waals surface area contributed by atoms with Gasteiger partial charge >= 0.3 is 0 Å². The lowest BCUT2D eigenvalue weighted by atomic mass is 10.0. The van der Waals surface area contributed by atoms with Crippen LogP contribution in [0.4, 0.5) is 5.69 Å². The Balaban J connectivity index is 1.54. The van der Waals surface area contributed by atoms with Crippen molar-refractivity contribution >= 4 is 21.6 Å².